The maximum atomic E-state index is 12.3. The zero-order chi connectivity index (χ0) is 20.8. The van der Waals surface area contributed by atoms with Gasteiger partial charge in [0.2, 0.25) is 5.89 Å². The first kappa shape index (κ1) is 19.4. The Morgan fingerprint density at radius 2 is 1.93 bits per heavy atom. The van der Waals surface area contributed by atoms with Gasteiger partial charge in [0, 0.05) is 36.6 Å². The number of amides is 2. The molecule has 0 spiro atoms. The lowest BCUT2D eigenvalue weighted by Gasteiger charge is -2.12. The summed E-state index contributed by atoms with van der Waals surface area (Å²) in [5.41, 5.74) is 4.66. The summed E-state index contributed by atoms with van der Waals surface area (Å²) >= 11 is 0. The molecule has 152 valence electrons. The summed E-state index contributed by atoms with van der Waals surface area (Å²) in [6.45, 7) is 3.08. The van der Waals surface area contributed by atoms with Gasteiger partial charge in [-0.05, 0) is 36.8 Å². The van der Waals surface area contributed by atoms with Gasteiger partial charge >= 0.3 is 6.03 Å². The van der Waals surface area contributed by atoms with Gasteiger partial charge in [0.15, 0.2) is 0 Å². The zero-order valence-corrected chi connectivity index (χ0v) is 16.7. The van der Waals surface area contributed by atoms with E-state index in [0.717, 1.165) is 22.5 Å². The highest BCUT2D eigenvalue weighted by atomic mass is 16.3. The van der Waals surface area contributed by atoms with E-state index in [0.29, 0.717) is 25.4 Å². The van der Waals surface area contributed by atoms with Crippen LogP contribution in [0, 0.1) is 6.92 Å². The molecule has 2 heterocycles. The molecule has 0 fully saturated rings. The molecule has 2 N–H and O–H groups in total. The van der Waals surface area contributed by atoms with Crippen molar-refractivity contribution in [2.75, 3.05) is 11.9 Å². The van der Waals surface area contributed by atoms with Crippen LogP contribution in [0.5, 0.6) is 0 Å². The van der Waals surface area contributed by atoms with Crippen molar-refractivity contribution >= 4 is 11.7 Å². The molecule has 0 aliphatic rings. The van der Waals surface area contributed by atoms with Crippen molar-refractivity contribution in [1.82, 2.24) is 20.1 Å². The first-order chi connectivity index (χ1) is 14.7. The monoisotopic (exact) mass is 401 g/mol. The van der Waals surface area contributed by atoms with E-state index in [2.05, 4.69) is 20.7 Å². The summed E-state index contributed by atoms with van der Waals surface area (Å²) in [6, 6.07) is 17.3. The van der Waals surface area contributed by atoms with E-state index in [1.54, 1.807) is 12.5 Å². The maximum Gasteiger partial charge on any atom is 0.319 e. The predicted octanol–water partition coefficient (Wildman–Crippen LogP) is 4.26. The van der Waals surface area contributed by atoms with Gasteiger partial charge in [-0.3, -0.25) is 4.68 Å². The third kappa shape index (κ3) is 4.94. The Morgan fingerprint density at radius 1 is 1.10 bits per heavy atom. The summed E-state index contributed by atoms with van der Waals surface area (Å²) in [6.07, 6.45) is 5.84. The zero-order valence-electron chi connectivity index (χ0n) is 16.7. The van der Waals surface area contributed by atoms with Gasteiger partial charge in [-0.15, -0.1) is 0 Å². The minimum absolute atomic E-state index is 0.259. The second-order valence-electron chi connectivity index (χ2n) is 7.00. The minimum Gasteiger partial charge on any atom is -0.444 e. The number of oxazole rings is 1. The van der Waals surface area contributed by atoms with Gasteiger partial charge in [-0.1, -0.05) is 35.9 Å². The number of aryl methyl sites for hydroxylation is 1. The highest BCUT2D eigenvalue weighted by Gasteiger charge is 2.09. The third-order valence-corrected chi connectivity index (χ3v) is 4.67. The highest BCUT2D eigenvalue weighted by Crippen LogP contribution is 2.19. The van der Waals surface area contributed by atoms with Crippen molar-refractivity contribution in [3.05, 3.63) is 90.1 Å². The van der Waals surface area contributed by atoms with Crippen molar-refractivity contribution in [1.29, 1.82) is 0 Å². The van der Waals surface area contributed by atoms with E-state index in [9.17, 15) is 4.79 Å². The minimum atomic E-state index is -0.259. The number of nitrogens with one attached hydrogen (secondary N) is 2. The quantitative estimate of drug-likeness (QED) is 0.485. The fraction of sp³-hybridized carbons (Fsp3) is 0.174. The summed E-state index contributed by atoms with van der Waals surface area (Å²) in [5.74, 6) is 0.585. The summed E-state index contributed by atoms with van der Waals surface area (Å²) in [5, 5.41) is 9.99. The number of hydrogen-bond acceptors (Lipinski definition) is 4. The SMILES string of the molecule is Cc1ccc(-c2nc(CCNC(=O)Nc3ccccc3Cn3cccn3)co2)cc1. The molecule has 2 aromatic carbocycles. The van der Waals surface area contributed by atoms with Gasteiger partial charge in [0.1, 0.15) is 6.26 Å². The molecule has 7 heteroatoms. The Balaban J connectivity index is 1.29. The van der Waals surface area contributed by atoms with E-state index in [1.807, 2.05) is 72.4 Å². The number of anilines is 1. The summed E-state index contributed by atoms with van der Waals surface area (Å²) in [4.78, 5) is 16.8. The number of urea groups is 1. The van der Waals surface area contributed by atoms with Crippen molar-refractivity contribution in [2.45, 2.75) is 19.9 Å². The maximum absolute atomic E-state index is 12.3. The van der Waals surface area contributed by atoms with Crippen LogP contribution in [0.15, 0.2) is 77.7 Å². The van der Waals surface area contributed by atoms with Crippen LogP contribution in [-0.4, -0.2) is 27.3 Å². The summed E-state index contributed by atoms with van der Waals surface area (Å²) in [7, 11) is 0. The fourth-order valence-corrected chi connectivity index (χ4v) is 3.07. The molecule has 0 aliphatic carbocycles. The fourth-order valence-electron chi connectivity index (χ4n) is 3.07. The van der Waals surface area contributed by atoms with Crippen molar-refractivity contribution in [2.24, 2.45) is 0 Å². The van der Waals surface area contributed by atoms with Crippen LogP contribution < -0.4 is 10.6 Å². The van der Waals surface area contributed by atoms with Crippen LogP contribution in [0.4, 0.5) is 10.5 Å². The van der Waals surface area contributed by atoms with E-state index in [-0.39, 0.29) is 6.03 Å². The molecule has 0 bridgehead atoms. The molecule has 4 rings (SSSR count). The number of para-hydroxylation sites is 1. The average molecular weight is 401 g/mol. The Bertz CT molecular complexity index is 1100. The van der Waals surface area contributed by atoms with Crippen LogP contribution in [0.25, 0.3) is 11.5 Å². The molecule has 2 amide bonds. The largest absolute Gasteiger partial charge is 0.444 e. The van der Waals surface area contributed by atoms with Crippen LogP contribution in [0.2, 0.25) is 0 Å². The number of benzene rings is 2. The molecule has 0 saturated heterocycles. The molecule has 0 saturated carbocycles. The van der Waals surface area contributed by atoms with Gasteiger partial charge in [0.05, 0.1) is 12.2 Å². The van der Waals surface area contributed by atoms with Gasteiger partial charge < -0.3 is 15.1 Å². The Hall–Kier alpha value is -3.87. The lowest BCUT2D eigenvalue weighted by atomic mass is 10.1. The van der Waals surface area contributed by atoms with E-state index in [1.165, 1.54) is 5.56 Å². The standard InChI is InChI=1S/C23H23N5O2/c1-17-7-9-18(10-8-17)22-26-20(16-30-22)11-13-24-23(29)27-21-6-3-2-5-19(21)15-28-14-4-12-25-28/h2-10,12,14,16H,11,13,15H2,1H3,(H2,24,27,29). The van der Waals surface area contributed by atoms with Crippen molar-refractivity contribution < 1.29 is 9.21 Å². The van der Waals surface area contributed by atoms with E-state index < -0.39 is 0 Å². The molecular formula is C23H23N5O2. The van der Waals surface area contributed by atoms with Crippen molar-refractivity contribution in [3.8, 4) is 11.5 Å². The molecule has 4 aromatic rings. The molecule has 0 atom stereocenters. The van der Waals surface area contributed by atoms with Crippen LogP contribution in [0.3, 0.4) is 0 Å². The number of aromatic nitrogens is 3. The lowest BCUT2D eigenvalue weighted by Crippen LogP contribution is -2.31. The topological polar surface area (TPSA) is 85.0 Å². The molecular weight excluding hydrogens is 378 g/mol. The molecule has 30 heavy (non-hydrogen) atoms. The van der Waals surface area contributed by atoms with E-state index in [4.69, 9.17) is 4.42 Å². The number of carbonyl (C=O) groups is 1. The first-order valence-corrected chi connectivity index (χ1v) is 9.79. The Labute approximate surface area is 174 Å². The molecule has 7 nitrogen and oxygen atoms in total. The summed E-state index contributed by atoms with van der Waals surface area (Å²) < 4.78 is 7.38. The number of carbonyl (C=O) groups excluding carboxylic acids is 1. The van der Waals surface area contributed by atoms with Gasteiger partial charge in [-0.2, -0.15) is 5.10 Å². The van der Waals surface area contributed by atoms with Gasteiger partial charge in [0.25, 0.3) is 0 Å². The normalized spacial score (nSPS) is 10.7. The first-order valence-electron chi connectivity index (χ1n) is 9.79. The number of hydrogen-bond donors (Lipinski definition) is 2. The predicted molar refractivity (Wildman–Crippen MR) is 115 cm³/mol. The third-order valence-electron chi connectivity index (χ3n) is 4.67. The van der Waals surface area contributed by atoms with E-state index >= 15 is 0 Å². The lowest BCUT2D eigenvalue weighted by molar-refractivity contribution is 0.252. The van der Waals surface area contributed by atoms with Crippen LogP contribution >= 0.6 is 0 Å². The second kappa shape index (κ2) is 9.09. The molecule has 2 aromatic heterocycles. The smallest absolute Gasteiger partial charge is 0.319 e. The molecule has 0 aliphatic heterocycles. The average Bonchev–Trinajstić information content (AvgIpc) is 3.42. The number of rotatable bonds is 7. The Kier molecular flexibility index (Phi) is 5.89. The van der Waals surface area contributed by atoms with Gasteiger partial charge in [-0.25, -0.2) is 9.78 Å². The highest BCUT2D eigenvalue weighted by molar-refractivity contribution is 5.90. The number of nitrogens with zero attached hydrogens (tertiary/aromatic N) is 3. The Morgan fingerprint density at radius 3 is 2.73 bits per heavy atom. The van der Waals surface area contributed by atoms with Crippen LogP contribution in [-0.2, 0) is 13.0 Å². The second-order valence-corrected chi connectivity index (χ2v) is 7.00. The van der Waals surface area contributed by atoms with Crippen molar-refractivity contribution in [3.63, 3.8) is 0 Å². The molecule has 0 radical (unpaired) electrons. The van der Waals surface area contributed by atoms with Crippen LogP contribution in [0.1, 0.15) is 16.8 Å². The molecule has 0 unspecified atom stereocenters.